The SMILES string of the molecule is CSc1n[c]cc(C)n1. The molecular formula is C6H7N2S. The molecule has 1 radical (unpaired) electrons. The Hall–Kier alpha value is -0.570. The number of hydrogen-bond acceptors (Lipinski definition) is 3. The lowest BCUT2D eigenvalue weighted by atomic mass is 10.5. The van der Waals surface area contributed by atoms with Gasteiger partial charge in [0.05, 0.1) is 6.20 Å². The minimum Gasteiger partial charge on any atom is -0.228 e. The number of aromatic nitrogens is 2. The van der Waals surface area contributed by atoms with Gasteiger partial charge in [0.1, 0.15) is 0 Å². The number of rotatable bonds is 1. The van der Waals surface area contributed by atoms with Crippen LogP contribution in [0.1, 0.15) is 5.69 Å². The molecular weight excluding hydrogens is 132 g/mol. The molecule has 47 valence electrons. The molecule has 1 rings (SSSR count). The van der Waals surface area contributed by atoms with Crippen LogP contribution >= 0.6 is 11.8 Å². The smallest absolute Gasteiger partial charge is 0.188 e. The molecule has 0 unspecified atom stereocenters. The van der Waals surface area contributed by atoms with Gasteiger partial charge in [-0.15, -0.1) is 0 Å². The summed E-state index contributed by atoms with van der Waals surface area (Å²) in [5, 5.41) is 0.787. The molecule has 1 heterocycles. The van der Waals surface area contributed by atoms with Crippen molar-refractivity contribution < 1.29 is 0 Å². The largest absolute Gasteiger partial charge is 0.228 e. The number of nitrogens with zero attached hydrogens (tertiary/aromatic N) is 2. The fraction of sp³-hybridized carbons (Fsp3) is 0.333. The summed E-state index contributed by atoms with van der Waals surface area (Å²) in [4.78, 5) is 8.00. The minimum atomic E-state index is 0.787. The molecule has 0 aliphatic rings. The van der Waals surface area contributed by atoms with Gasteiger partial charge in [0.2, 0.25) is 0 Å². The van der Waals surface area contributed by atoms with Gasteiger partial charge >= 0.3 is 0 Å². The second-order valence-electron chi connectivity index (χ2n) is 1.63. The van der Waals surface area contributed by atoms with Crippen molar-refractivity contribution in [3.63, 3.8) is 0 Å². The van der Waals surface area contributed by atoms with Crippen LogP contribution in [0.3, 0.4) is 0 Å². The first kappa shape index (κ1) is 6.55. The summed E-state index contributed by atoms with van der Waals surface area (Å²) in [6.45, 7) is 1.93. The third-order valence-corrected chi connectivity index (χ3v) is 1.44. The standard InChI is InChI=1S/C6H7N2S/c1-5-3-4-7-6(8-5)9-2/h3H,1-2H3. The van der Waals surface area contributed by atoms with Crippen molar-refractivity contribution in [1.29, 1.82) is 0 Å². The van der Waals surface area contributed by atoms with Gasteiger partial charge in [-0.2, -0.15) is 0 Å². The van der Waals surface area contributed by atoms with Crippen LogP contribution in [0.5, 0.6) is 0 Å². The number of thioether (sulfide) groups is 1. The molecule has 0 saturated carbocycles. The summed E-state index contributed by atoms with van der Waals surface area (Å²) in [5.41, 5.74) is 0.967. The van der Waals surface area contributed by atoms with Gasteiger partial charge in [-0.3, -0.25) is 0 Å². The van der Waals surface area contributed by atoms with E-state index >= 15 is 0 Å². The van der Waals surface area contributed by atoms with E-state index in [-0.39, 0.29) is 0 Å². The second-order valence-corrected chi connectivity index (χ2v) is 2.40. The molecule has 0 aliphatic carbocycles. The van der Waals surface area contributed by atoms with Gasteiger partial charge in [0, 0.05) is 5.69 Å². The Bertz CT molecular complexity index is 200. The van der Waals surface area contributed by atoms with E-state index in [2.05, 4.69) is 16.2 Å². The van der Waals surface area contributed by atoms with Crippen LogP contribution in [0.25, 0.3) is 0 Å². The minimum absolute atomic E-state index is 0.787. The molecule has 0 N–H and O–H groups in total. The third-order valence-electron chi connectivity index (χ3n) is 0.888. The van der Waals surface area contributed by atoms with Gasteiger partial charge < -0.3 is 0 Å². The molecule has 0 spiro atoms. The summed E-state index contributed by atoms with van der Waals surface area (Å²) in [5.74, 6) is 0. The lowest BCUT2D eigenvalue weighted by Gasteiger charge is -1.92. The maximum Gasteiger partial charge on any atom is 0.188 e. The predicted octanol–water partition coefficient (Wildman–Crippen LogP) is 1.31. The van der Waals surface area contributed by atoms with Crippen molar-refractivity contribution in [1.82, 2.24) is 9.97 Å². The topological polar surface area (TPSA) is 25.8 Å². The highest BCUT2D eigenvalue weighted by molar-refractivity contribution is 7.98. The summed E-state index contributed by atoms with van der Waals surface area (Å²) in [6.07, 6.45) is 4.69. The van der Waals surface area contributed by atoms with Crippen molar-refractivity contribution in [2.45, 2.75) is 12.1 Å². The van der Waals surface area contributed by atoms with Crippen LogP contribution in [0.15, 0.2) is 11.2 Å². The Labute approximate surface area is 58.7 Å². The molecule has 3 heteroatoms. The number of aryl methyl sites for hydroxylation is 1. The van der Waals surface area contributed by atoms with Gasteiger partial charge in [-0.1, -0.05) is 11.8 Å². The molecule has 1 aromatic rings. The van der Waals surface area contributed by atoms with E-state index in [1.54, 1.807) is 6.07 Å². The quantitative estimate of drug-likeness (QED) is 0.433. The predicted molar refractivity (Wildman–Crippen MR) is 37.4 cm³/mol. The Morgan fingerprint density at radius 1 is 1.67 bits per heavy atom. The highest BCUT2D eigenvalue weighted by atomic mass is 32.2. The fourth-order valence-corrected chi connectivity index (χ4v) is 0.860. The molecule has 0 fully saturated rings. The van der Waals surface area contributed by atoms with E-state index in [9.17, 15) is 0 Å². The van der Waals surface area contributed by atoms with Gasteiger partial charge in [-0.25, -0.2) is 9.97 Å². The zero-order valence-electron chi connectivity index (χ0n) is 5.38. The molecule has 0 amide bonds. The van der Waals surface area contributed by atoms with E-state index < -0.39 is 0 Å². The first-order valence-corrected chi connectivity index (χ1v) is 3.81. The zero-order chi connectivity index (χ0) is 6.69. The zero-order valence-corrected chi connectivity index (χ0v) is 6.20. The van der Waals surface area contributed by atoms with Crippen molar-refractivity contribution in [2.24, 2.45) is 0 Å². The van der Waals surface area contributed by atoms with E-state index in [4.69, 9.17) is 0 Å². The molecule has 9 heavy (non-hydrogen) atoms. The third kappa shape index (κ3) is 1.68. The molecule has 0 atom stereocenters. The van der Waals surface area contributed by atoms with Crippen molar-refractivity contribution >= 4 is 11.8 Å². The van der Waals surface area contributed by atoms with Gasteiger partial charge in [0.15, 0.2) is 5.16 Å². The molecule has 1 aromatic heterocycles. The monoisotopic (exact) mass is 139 g/mol. The first-order valence-electron chi connectivity index (χ1n) is 2.58. The fourth-order valence-electron chi connectivity index (χ4n) is 0.480. The first-order chi connectivity index (χ1) is 4.33. The van der Waals surface area contributed by atoms with Crippen LogP contribution in [0, 0.1) is 13.1 Å². The highest BCUT2D eigenvalue weighted by Crippen LogP contribution is 2.05. The molecule has 2 nitrogen and oxygen atoms in total. The van der Waals surface area contributed by atoms with Crippen molar-refractivity contribution in [3.05, 3.63) is 18.0 Å². The Morgan fingerprint density at radius 3 is 2.89 bits per heavy atom. The average Bonchev–Trinajstić information content (AvgIpc) is 1.88. The Kier molecular flexibility index (Phi) is 2.05. The highest BCUT2D eigenvalue weighted by Gasteiger charge is 1.90. The number of hydrogen-bond donors (Lipinski definition) is 0. The second kappa shape index (κ2) is 2.82. The molecule has 0 aliphatic heterocycles. The summed E-state index contributed by atoms with van der Waals surface area (Å²) >= 11 is 1.53. The van der Waals surface area contributed by atoms with E-state index in [0.717, 1.165) is 10.9 Å². The summed E-state index contributed by atoms with van der Waals surface area (Å²) < 4.78 is 0. The van der Waals surface area contributed by atoms with E-state index in [1.165, 1.54) is 11.8 Å². The lowest BCUT2D eigenvalue weighted by molar-refractivity contribution is 0.929. The summed E-state index contributed by atoms with van der Waals surface area (Å²) in [7, 11) is 0. The Balaban J connectivity index is 2.94. The van der Waals surface area contributed by atoms with Crippen LogP contribution < -0.4 is 0 Å². The molecule has 0 saturated heterocycles. The lowest BCUT2D eigenvalue weighted by Crippen LogP contribution is -1.86. The van der Waals surface area contributed by atoms with Gasteiger partial charge in [-0.05, 0) is 19.2 Å². The van der Waals surface area contributed by atoms with Crippen molar-refractivity contribution in [2.75, 3.05) is 6.26 Å². The summed E-state index contributed by atoms with van der Waals surface area (Å²) in [6, 6.07) is 1.76. The molecule has 0 aromatic carbocycles. The maximum absolute atomic E-state index is 4.11. The van der Waals surface area contributed by atoms with Crippen LogP contribution in [-0.2, 0) is 0 Å². The Morgan fingerprint density at radius 2 is 2.44 bits per heavy atom. The van der Waals surface area contributed by atoms with E-state index in [0.29, 0.717) is 0 Å². The van der Waals surface area contributed by atoms with Crippen molar-refractivity contribution in [3.8, 4) is 0 Å². The van der Waals surface area contributed by atoms with Crippen LogP contribution in [-0.4, -0.2) is 16.2 Å². The van der Waals surface area contributed by atoms with E-state index in [1.807, 2.05) is 13.2 Å². The maximum atomic E-state index is 4.11. The van der Waals surface area contributed by atoms with Crippen LogP contribution in [0.2, 0.25) is 0 Å². The normalized spacial score (nSPS) is 9.56. The average molecular weight is 139 g/mol. The van der Waals surface area contributed by atoms with Gasteiger partial charge in [0.25, 0.3) is 0 Å². The van der Waals surface area contributed by atoms with Crippen LogP contribution in [0.4, 0.5) is 0 Å². The molecule has 0 bridgehead atoms.